The van der Waals surface area contributed by atoms with Crippen LogP contribution in [0.15, 0.2) is 36.5 Å². The minimum Gasteiger partial charge on any atom is -0.465 e. The molecular weight excluding hydrogens is 242 g/mol. The van der Waals surface area contributed by atoms with Crippen molar-refractivity contribution in [1.29, 1.82) is 0 Å². The number of nitrogens with zero attached hydrogens (tertiary/aromatic N) is 2. The Hall–Kier alpha value is -2.14. The smallest absolute Gasteiger partial charge is 0.407 e. The van der Waals surface area contributed by atoms with E-state index in [4.69, 9.17) is 0 Å². The normalized spacial score (nSPS) is 19.6. The van der Waals surface area contributed by atoms with E-state index in [1.165, 1.54) is 4.90 Å². The number of carboxylic acid groups (broad SMARTS) is 1. The Morgan fingerprint density at radius 2 is 2.26 bits per heavy atom. The summed E-state index contributed by atoms with van der Waals surface area (Å²) in [5, 5.41) is 13.6. The average molecular weight is 257 g/mol. The van der Waals surface area contributed by atoms with Crippen LogP contribution >= 0.6 is 0 Å². The van der Waals surface area contributed by atoms with Gasteiger partial charge in [-0.3, -0.25) is 9.88 Å². The number of fused-ring (bicyclic) bond motifs is 1. The van der Waals surface area contributed by atoms with E-state index in [9.17, 15) is 9.90 Å². The highest BCUT2D eigenvalue weighted by Gasteiger charge is 2.28. The molecule has 1 aromatic heterocycles. The van der Waals surface area contributed by atoms with Gasteiger partial charge in [0.2, 0.25) is 0 Å². The largest absolute Gasteiger partial charge is 0.465 e. The van der Waals surface area contributed by atoms with Gasteiger partial charge in [-0.2, -0.15) is 0 Å². The monoisotopic (exact) mass is 257 g/mol. The van der Waals surface area contributed by atoms with E-state index in [-0.39, 0.29) is 6.04 Å². The fourth-order valence-corrected chi connectivity index (χ4v) is 2.63. The average Bonchev–Trinajstić information content (AvgIpc) is 2.46. The molecule has 1 aliphatic heterocycles. The topological polar surface area (TPSA) is 65.5 Å². The van der Waals surface area contributed by atoms with Crippen LogP contribution in [0.25, 0.3) is 10.9 Å². The van der Waals surface area contributed by atoms with E-state index in [1.807, 2.05) is 30.3 Å². The number of aromatic nitrogens is 1. The van der Waals surface area contributed by atoms with Gasteiger partial charge >= 0.3 is 6.09 Å². The molecule has 2 heterocycles. The van der Waals surface area contributed by atoms with Crippen molar-refractivity contribution in [2.24, 2.45) is 0 Å². The zero-order valence-corrected chi connectivity index (χ0v) is 10.4. The molecule has 1 fully saturated rings. The van der Waals surface area contributed by atoms with Crippen LogP contribution in [0.1, 0.15) is 11.6 Å². The highest BCUT2D eigenvalue weighted by molar-refractivity contribution is 5.83. The van der Waals surface area contributed by atoms with Crippen LogP contribution in [-0.4, -0.2) is 40.7 Å². The summed E-state index contributed by atoms with van der Waals surface area (Å²) in [5.74, 6) is 0. The number of nitrogens with one attached hydrogen (secondary N) is 1. The lowest BCUT2D eigenvalue weighted by Gasteiger charge is -2.34. The lowest BCUT2D eigenvalue weighted by atomic mass is 9.99. The quantitative estimate of drug-likeness (QED) is 0.818. The molecule has 2 aromatic rings. The molecule has 3 rings (SSSR count). The van der Waals surface area contributed by atoms with Crippen molar-refractivity contribution >= 4 is 17.0 Å². The zero-order valence-electron chi connectivity index (χ0n) is 10.4. The standard InChI is InChI=1S/C14H15N3O2/c18-14(19)17-8-7-15-9-13(17)11-3-1-5-12-10(11)4-2-6-16-12/h1-6,13,15H,7-9H2,(H,18,19). The van der Waals surface area contributed by atoms with Crippen LogP contribution in [0.2, 0.25) is 0 Å². The SMILES string of the molecule is O=C(O)N1CCNCC1c1cccc2ncccc12. The second-order valence-electron chi connectivity index (χ2n) is 4.61. The Labute approximate surface area is 110 Å². The van der Waals surface area contributed by atoms with E-state index < -0.39 is 6.09 Å². The highest BCUT2D eigenvalue weighted by Crippen LogP contribution is 2.28. The molecule has 98 valence electrons. The number of pyridine rings is 1. The van der Waals surface area contributed by atoms with Crippen molar-refractivity contribution in [3.8, 4) is 0 Å². The minimum absolute atomic E-state index is 0.154. The number of carbonyl (C=O) groups is 1. The fourth-order valence-electron chi connectivity index (χ4n) is 2.63. The first kappa shape index (κ1) is 11.9. The first-order valence-electron chi connectivity index (χ1n) is 6.31. The lowest BCUT2D eigenvalue weighted by Crippen LogP contribution is -2.48. The van der Waals surface area contributed by atoms with E-state index >= 15 is 0 Å². The summed E-state index contributed by atoms with van der Waals surface area (Å²) in [6.45, 7) is 1.85. The summed E-state index contributed by atoms with van der Waals surface area (Å²) < 4.78 is 0. The fraction of sp³-hybridized carbons (Fsp3) is 0.286. The van der Waals surface area contributed by atoms with Gasteiger partial charge in [-0.25, -0.2) is 4.79 Å². The first-order chi connectivity index (χ1) is 9.27. The van der Waals surface area contributed by atoms with Crippen molar-refractivity contribution in [2.75, 3.05) is 19.6 Å². The van der Waals surface area contributed by atoms with Gasteiger partial charge in [0.25, 0.3) is 0 Å². The number of amides is 1. The molecule has 0 radical (unpaired) electrons. The molecule has 0 aliphatic carbocycles. The van der Waals surface area contributed by atoms with Gasteiger partial charge in [-0.05, 0) is 17.7 Å². The second kappa shape index (κ2) is 4.85. The molecule has 5 nitrogen and oxygen atoms in total. The van der Waals surface area contributed by atoms with E-state index in [1.54, 1.807) is 6.20 Å². The molecular formula is C14H15N3O2. The Balaban J connectivity index is 2.09. The summed E-state index contributed by atoms with van der Waals surface area (Å²) in [7, 11) is 0. The molecule has 0 bridgehead atoms. The number of hydrogen-bond donors (Lipinski definition) is 2. The maximum Gasteiger partial charge on any atom is 0.407 e. The maximum absolute atomic E-state index is 11.4. The van der Waals surface area contributed by atoms with Gasteiger partial charge in [0, 0.05) is 31.2 Å². The molecule has 1 unspecified atom stereocenters. The molecule has 0 spiro atoms. The zero-order chi connectivity index (χ0) is 13.2. The third-order valence-electron chi connectivity index (χ3n) is 3.53. The molecule has 1 atom stereocenters. The van der Waals surface area contributed by atoms with Crippen molar-refractivity contribution in [2.45, 2.75) is 6.04 Å². The van der Waals surface area contributed by atoms with E-state index in [0.29, 0.717) is 19.6 Å². The molecule has 1 saturated heterocycles. The molecule has 2 N–H and O–H groups in total. The summed E-state index contributed by atoms with van der Waals surface area (Å²) in [5.41, 5.74) is 1.91. The van der Waals surface area contributed by atoms with Crippen LogP contribution in [0, 0.1) is 0 Å². The second-order valence-corrected chi connectivity index (χ2v) is 4.61. The Bertz CT molecular complexity index is 609. The highest BCUT2D eigenvalue weighted by atomic mass is 16.4. The third kappa shape index (κ3) is 2.13. The van der Waals surface area contributed by atoms with Gasteiger partial charge in [0.15, 0.2) is 0 Å². The number of benzene rings is 1. The van der Waals surface area contributed by atoms with Crippen molar-refractivity contribution in [3.05, 3.63) is 42.1 Å². The molecule has 5 heteroatoms. The molecule has 19 heavy (non-hydrogen) atoms. The summed E-state index contributed by atoms with van der Waals surface area (Å²) in [4.78, 5) is 17.2. The van der Waals surface area contributed by atoms with Crippen LogP contribution in [0.4, 0.5) is 4.79 Å². The van der Waals surface area contributed by atoms with E-state index in [0.717, 1.165) is 16.5 Å². The van der Waals surface area contributed by atoms with Crippen molar-refractivity contribution < 1.29 is 9.90 Å². The third-order valence-corrected chi connectivity index (χ3v) is 3.53. The molecule has 1 amide bonds. The van der Waals surface area contributed by atoms with Crippen LogP contribution < -0.4 is 5.32 Å². The molecule has 1 aromatic carbocycles. The van der Waals surface area contributed by atoms with Crippen LogP contribution in [0.5, 0.6) is 0 Å². The summed E-state index contributed by atoms with van der Waals surface area (Å²) >= 11 is 0. The molecule has 0 saturated carbocycles. The number of rotatable bonds is 1. The van der Waals surface area contributed by atoms with Gasteiger partial charge in [0.05, 0.1) is 11.6 Å². The number of hydrogen-bond acceptors (Lipinski definition) is 3. The van der Waals surface area contributed by atoms with Crippen molar-refractivity contribution in [3.63, 3.8) is 0 Å². The van der Waals surface area contributed by atoms with Crippen LogP contribution in [0.3, 0.4) is 0 Å². The maximum atomic E-state index is 11.4. The Morgan fingerprint density at radius 3 is 3.11 bits per heavy atom. The summed E-state index contributed by atoms with van der Waals surface area (Å²) in [6.07, 6.45) is 0.882. The van der Waals surface area contributed by atoms with Crippen LogP contribution in [-0.2, 0) is 0 Å². The predicted molar refractivity (Wildman–Crippen MR) is 72.1 cm³/mol. The van der Waals surface area contributed by atoms with Crippen molar-refractivity contribution in [1.82, 2.24) is 15.2 Å². The Morgan fingerprint density at radius 1 is 1.37 bits per heavy atom. The predicted octanol–water partition coefficient (Wildman–Crippen LogP) is 1.86. The summed E-state index contributed by atoms with van der Waals surface area (Å²) in [6, 6.07) is 9.58. The lowest BCUT2D eigenvalue weighted by molar-refractivity contribution is 0.113. The van der Waals surface area contributed by atoms with Gasteiger partial charge in [-0.15, -0.1) is 0 Å². The first-order valence-corrected chi connectivity index (χ1v) is 6.31. The van der Waals surface area contributed by atoms with E-state index in [2.05, 4.69) is 10.3 Å². The van der Waals surface area contributed by atoms with Gasteiger partial charge in [0.1, 0.15) is 0 Å². The molecule has 1 aliphatic rings. The van der Waals surface area contributed by atoms with Gasteiger partial charge in [-0.1, -0.05) is 18.2 Å². The Kier molecular flexibility index (Phi) is 3.05. The minimum atomic E-state index is -0.868. The van der Waals surface area contributed by atoms with Gasteiger partial charge < -0.3 is 10.4 Å². The number of piperazine rings is 1.